The van der Waals surface area contributed by atoms with Crippen molar-refractivity contribution >= 4 is 28.9 Å². The number of carbonyl (C=O) groups is 1. The number of benzene rings is 1. The fourth-order valence-electron chi connectivity index (χ4n) is 2.96. The quantitative estimate of drug-likeness (QED) is 0.656. The molecule has 0 radical (unpaired) electrons. The maximum Gasteiger partial charge on any atom is 0.407 e. The fourth-order valence-corrected chi connectivity index (χ4v) is 2.96. The summed E-state index contributed by atoms with van der Waals surface area (Å²) in [4.78, 5) is 28.6. The van der Waals surface area contributed by atoms with Crippen molar-refractivity contribution in [3.05, 3.63) is 28.3 Å². The minimum absolute atomic E-state index is 0.0260. The molecule has 1 saturated heterocycles. The van der Waals surface area contributed by atoms with Crippen LogP contribution in [0.2, 0.25) is 0 Å². The monoisotopic (exact) mass is 362 g/mol. The number of amides is 1. The zero-order chi connectivity index (χ0) is 18.9. The molecule has 140 valence electrons. The molecule has 1 N–H and O–H groups in total. The summed E-state index contributed by atoms with van der Waals surface area (Å²) >= 11 is 0. The lowest BCUT2D eigenvalue weighted by Gasteiger charge is -2.24. The lowest BCUT2D eigenvalue weighted by atomic mass is 10.2. The van der Waals surface area contributed by atoms with Crippen LogP contribution < -0.4 is 10.2 Å². The van der Waals surface area contributed by atoms with E-state index in [2.05, 4.69) is 10.3 Å². The third-order valence-electron chi connectivity index (χ3n) is 4.07. The highest BCUT2D eigenvalue weighted by molar-refractivity contribution is 5.77. The van der Waals surface area contributed by atoms with Crippen molar-refractivity contribution < 1.29 is 18.9 Å². The van der Waals surface area contributed by atoms with E-state index in [0.29, 0.717) is 23.7 Å². The van der Waals surface area contributed by atoms with Gasteiger partial charge in [-0.3, -0.25) is 10.1 Å². The van der Waals surface area contributed by atoms with Gasteiger partial charge in [0.05, 0.1) is 11.0 Å². The molecule has 9 heteroatoms. The fraction of sp³-hybridized carbons (Fsp3) is 0.529. The van der Waals surface area contributed by atoms with Crippen LogP contribution in [0, 0.1) is 10.1 Å². The van der Waals surface area contributed by atoms with Crippen molar-refractivity contribution in [3.8, 4) is 0 Å². The second-order valence-electron chi connectivity index (χ2n) is 7.28. The Labute approximate surface area is 150 Å². The number of rotatable bonds is 4. The maximum absolute atomic E-state index is 11.8. The van der Waals surface area contributed by atoms with Crippen molar-refractivity contribution in [2.24, 2.45) is 0 Å². The average Bonchev–Trinajstić information content (AvgIpc) is 3.16. The number of nitro benzene ring substituents is 1. The van der Waals surface area contributed by atoms with Crippen LogP contribution in [-0.4, -0.2) is 40.7 Å². The molecule has 0 bridgehead atoms. The molecular formula is C17H22N4O5. The number of fused-ring (bicyclic) bond motifs is 1. The predicted octanol–water partition coefficient (Wildman–Crippen LogP) is 3.23. The number of alkyl carbamates (subject to hydrolysis) is 1. The van der Waals surface area contributed by atoms with Gasteiger partial charge in [0, 0.05) is 25.2 Å². The van der Waals surface area contributed by atoms with E-state index >= 15 is 0 Å². The maximum atomic E-state index is 11.8. The van der Waals surface area contributed by atoms with Crippen LogP contribution in [0.3, 0.4) is 0 Å². The Hall–Kier alpha value is -2.84. The van der Waals surface area contributed by atoms with Gasteiger partial charge in [0.25, 0.3) is 11.7 Å². The van der Waals surface area contributed by atoms with Crippen LogP contribution in [-0.2, 0) is 4.74 Å². The number of hydrogen-bond donors (Lipinski definition) is 1. The molecule has 1 atom stereocenters. The predicted molar refractivity (Wildman–Crippen MR) is 95.3 cm³/mol. The summed E-state index contributed by atoms with van der Waals surface area (Å²) < 4.78 is 11.0. The van der Waals surface area contributed by atoms with Crippen molar-refractivity contribution in [2.45, 2.75) is 45.3 Å². The number of nitro groups is 1. The van der Waals surface area contributed by atoms with Gasteiger partial charge in [0.1, 0.15) is 11.1 Å². The van der Waals surface area contributed by atoms with Crippen molar-refractivity contribution in [2.75, 3.05) is 18.0 Å². The van der Waals surface area contributed by atoms with Crippen LogP contribution >= 0.6 is 0 Å². The van der Waals surface area contributed by atoms with E-state index < -0.39 is 16.6 Å². The molecule has 1 amide bonds. The zero-order valence-electron chi connectivity index (χ0n) is 15.0. The molecule has 0 unspecified atom stereocenters. The van der Waals surface area contributed by atoms with Gasteiger partial charge < -0.3 is 19.4 Å². The molecule has 9 nitrogen and oxygen atoms in total. The summed E-state index contributed by atoms with van der Waals surface area (Å²) in [5.41, 5.74) is 0.368. The average molecular weight is 362 g/mol. The first-order chi connectivity index (χ1) is 12.2. The number of hydrogen-bond acceptors (Lipinski definition) is 7. The Balaban J connectivity index is 1.70. The van der Waals surface area contributed by atoms with E-state index in [4.69, 9.17) is 9.15 Å². The molecular weight excluding hydrogens is 340 g/mol. The van der Waals surface area contributed by atoms with E-state index in [-0.39, 0.29) is 11.7 Å². The Morgan fingerprint density at radius 3 is 2.96 bits per heavy atom. The summed E-state index contributed by atoms with van der Waals surface area (Å²) in [6, 6.07) is 4.78. The number of non-ortho nitro benzene ring substituents is 1. The SMILES string of the molecule is CC(C)(C)OC(=O)NC[C@@H]1CCCN1c1nc2cc([N+](=O)[O-])ccc2o1. The highest BCUT2D eigenvalue weighted by Gasteiger charge is 2.29. The topological polar surface area (TPSA) is 111 Å². The Morgan fingerprint density at radius 1 is 1.50 bits per heavy atom. The highest BCUT2D eigenvalue weighted by atomic mass is 16.6. The molecule has 1 aromatic carbocycles. The van der Waals surface area contributed by atoms with Crippen LogP contribution in [0.5, 0.6) is 0 Å². The minimum Gasteiger partial charge on any atom is -0.444 e. The van der Waals surface area contributed by atoms with E-state index in [1.165, 1.54) is 12.1 Å². The number of ether oxygens (including phenoxy) is 1. The van der Waals surface area contributed by atoms with E-state index in [1.54, 1.807) is 6.07 Å². The summed E-state index contributed by atoms with van der Waals surface area (Å²) in [7, 11) is 0. The van der Waals surface area contributed by atoms with Crippen LogP contribution in [0.15, 0.2) is 22.6 Å². The molecule has 26 heavy (non-hydrogen) atoms. The number of nitrogens with zero attached hydrogens (tertiary/aromatic N) is 3. The molecule has 0 spiro atoms. The summed E-state index contributed by atoms with van der Waals surface area (Å²) in [5, 5.41) is 13.7. The number of anilines is 1. The van der Waals surface area contributed by atoms with Gasteiger partial charge in [-0.05, 0) is 39.7 Å². The van der Waals surface area contributed by atoms with Crippen molar-refractivity contribution in [1.29, 1.82) is 0 Å². The second kappa shape index (κ2) is 6.81. The number of carbonyl (C=O) groups excluding carboxylic acids is 1. The number of aromatic nitrogens is 1. The van der Waals surface area contributed by atoms with Gasteiger partial charge in [0.2, 0.25) is 0 Å². The minimum atomic E-state index is -0.547. The standard InChI is InChI=1S/C17H22N4O5/c1-17(2,3)26-16(22)18-10-12-5-4-8-20(12)15-19-13-9-11(21(23)24)6-7-14(13)25-15/h6-7,9,12H,4-5,8,10H2,1-3H3,(H,18,22)/t12-/m0/s1. The molecule has 0 aliphatic carbocycles. The molecule has 1 aliphatic heterocycles. The summed E-state index contributed by atoms with van der Waals surface area (Å²) in [6.07, 6.45) is 1.37. The first-order valence-electron chi connectivity index (χ1n) is 8.51. The largest absolute Gasteiger partial charge is 0.444 e. The molecule has 3 rings (SSSR count). The van der Waals surface area contributed by atoms with Gasteiger partial charge in [-0.15, -0.1) is 0 Å². The van der Waals surface area contributed by atoms with Crippen LogP contribution in [0.4, 0.5) is 16.5 Å². The normalized spacial score (nSPS) is 17.5. The first kappa shape index (κ1) is 18.0. The Kier molecular flexibility index (Phi) is 4.71. The smallest absolute Gasteiger partial charge is 0.407 e. The van der Waals surface area contributed by atoms with Gasteiger partial charge in [-0.2, -0.15) is 4.98 Å². The lowest BCUT2D eigenvalue weighted by molar-refractivity contribution is -0.384. The first-order valence-corrected chi connectivity index (χ1v) is 8.51. The van der Waals surface area contributed by atoms with Crippen molar-refractivity contribution in [1.82, 2.24) is 10.3 Å². The second-order valence-corrected chi connectivity index (χ2v) is 7.28. The summed E-state index contributed by atoms with van der Waals surface area (Å²) in [6.45, 7) is 6.59. The Morgan fingerprint density at radius 2 is 2.27 bits per heavy atom. The third kappa shape index (κ3) is 4.04. The molecule has 2 aromatic rings. The van der Waals surface area contributed by atoms with Gasteiger partial charge in [-0.25, -0.2) is 4.79 Å². The molecule has 1 aromatic heterocycles. The summed E-state index contributed by atoms with van der Waals surface area (Å²) in [5.74, 6) is 0. The molecule has 0 saturated carbocycles. The van der Waals surface area contributed by atoms with E-state index in [1.807, 2.05) is 25.7 Å². The Bertz CT molecular complexity index is 826. The number of oxazole rings is 1. The van der Waals surface area contributed by atoms with Gasteiger partial charge >= 0.3 is 6.09 Å². The lowest BCUT2D eigenvalue weighted by Crippen LogP contribution is -2.42. The van der Waals surface area contributed by atoms with Gasteiger partial charge in [0.15, 0.2) is 5.58 Å². The van der Waals surface area contributed by atoms with Crippen LogP contribution in [0.25, 0.3) is 11.1 Å². The van der Waals surface area contributed by atoms with E-state index in [0.717, 1.165) is 19.4 Å². The molecule has 1 aliphatic rings. The molecule has 1 fully saturated rings. The number of nitrogens with one attached hydrogen (secondary N) is 1. The van der Waals surface area contributed by atoms with Crippen LogP contribution in [0.1, 0.15) is 33.6 Å². The molecule has 2 heterocycles. The van der Waals surface area contributed by atoms with E-state index in [9.17, 15) is 14.9 Å². The highest BCUT2D eigenvalue weighted by Crippen LogP contribution is 2.29. The zero-order valence-corrected chi connectivity index (χ0v) is 15.0. The van der Waals surface area contributed by atoms with Crippen molar-refractivity contribution in [3.63, 3.8) is 0 Å². The third-order valence-corrected chi connectivity index (χ3v) is 4.07. The van der Waals surface area contributed by atoms with Gasteiger partial charge in [-0.1, -0.05) is 0 Å².